The molecular formula is C9H11NO3. The lowest BCUT2D eigenvalue weighted by molar-refractivity contribution is 0.0600. The van der Waals surface area contributed by atoms with Gasteiger partial charge in [0.2, 0.25) is 0 Å². The summed E-state index contributed by atoms with van der Waals surface area (Å²) < 4.78 is 6.47. The molecule has 1 aliphatic rings. The largest absolute Gasteiger partial charge is 0.465 e. The zero-order valence-corrected chi connectivity index (χ0v) is 7.36. The first-order valence-corrected chi connectivity index (χ1v) is 4.16. The standard InChI is InChI=1S/C9H11NO3/c1-13-9(12)6-2-7-3-8(11)5-10(7)4-6/h2,4,8,11H,3,5H2,1H3. The van der Waals surface area contributed by atoms with Crippen molar-refractivity contribution >= 4 is 5.97 Å². The highest BCUT2D eigenvalue weighted by molar-refractivity contribution is 5.89. The molecule has 0 saturated carbocycles. The molecule has 1 aromatic rings. The number of aliphatic hydroxyl groups is 1. The number of esters is 1. The molecule has 1 N–H and O–H groups in total. The van der Waals surface area contributed by atoms with E-state index in [0.717, 1.165) is 5.69 Å². The van der Waals surface area contributed by atoms with Crippen LogP contribution in [0.25, 0.3) is 0 Å². The van der Waals surface area contributed by atoms with Crippen LogP contribution in [0.15, 0.2) is 12.3 Å². The summed E-state index contributed by atoms with van der Waals surface area (Å²) in [5, 5.41) is 9.29. The van der Waals surface area contributed by atoms with Crippen LogP contribution in [0.1, 0.15) is 16.1 Å². The molecule has 2 rings (SSSR count). The molecule has 1 aromatic heterocycles. The second-order valence-electron chi connectivity index (χ2n) is 3.22. The minimum atomic E-state index is -0.323. The Balaban J connectivity index is 2.26. The highest BCUT2D eigenvalue weighted by Gasteiger charge is 2.21. The van der Waals surface area contributed by atoms with Crippen molar-refractivity contribution in [2.45, 2.75) is 19.1 Å². The fraction of sp³-hybridized carbons (Fsp3) is 0.444. The highest BCUT2D eigenvalue weighted by Crippen LogP contribution is 2.18. The van der Waals surface area contributed by atoms with Gasteiger partial charge in [0.1, 0.15) is 0 Å². The van der Waals surface area contributed by atoms with E-state index in [2.05, 4.69) is 4.74 Å². The maximum absolute atomic E-state index is 11.1. The molecule has 0 saturated heterocycles. The van der Waals surface area contributed by atoms with E-state index < -0.39 is 0 Å². The lowest BCUT2D eigenvalue weighted by atomic mass is 10.2. The summed E-state index contributed by atoms with van der Waals surface area (Å²) in [6, 6.07) is 1.77. The van der Waals surface area contributed by atoms with Gasteiger partial charge in [0.15, 0.2) is 0 Å². The van der Waals surface area contributed by atoms with Gasteiger partial charge in [-0.1, -0.05) is 0 Å². The van der Waals surface area contributed by atoms with Crippen LogP contribution in [0, 0.1) is 0 Å². The van der Waals surface area contributed by atoms with E-state index in [0.29, 0.717) is 18.5 Å². The van der Waals surface area contributed by atoms with E-state index in [1.165, 1.54) is 7.11 Å². The number of carbonyl (C=O) groups is 1. The van der Waals surface area contributed by atoms with Crippen molar-refractivity contribution in [2.75, 3.05) is 7.11 Å². The van der Waals surface area contributed by atoms with E-state index >= 15 is 0 Å². The van der Waals surface area contributed by atoms with Crippen molar-refractivity contribution in [2.24, 2.45) is 0 Å². The van der Waals surface area contributed by atoms with E-state index in [1.54, 1.807) is 12.3 Å². The third kappa shape index (κ3) is 1.33. The number of methoxy groups -OCH3 is 1. The van der Waals surface area contributed by atoms with Gasteiger partial charge in [-0.25, -0.2) is 4.79 Å². The van der Waals surface area contributed by atoms with E-state index in [1.807, 2.05) is 4.57 Å². The smallest absolute Gasteiger partial charge is 0.339 e. The van der Waals surface area contributed by atoms with Gasteiger partial charge in [-0.2, -0.15) is 0 Å². The molecular weight excluding hydrogens is 170 g/mol. The number of nitrogens with zero attached hydrogens (tertiary/aromatic N) is 1. The molecule has 70 valence electrons. The van der Waals surface area contributed by atoms with Crippen molar-refractivity contribution in [3.05, 3.63) is 23.5 Å². The average Bonchev–Trinajstić information content (AvgIpc) is 2.59. The Hall–Kier alpha value is -1.29. The summed E-state index contributed by atoms with van der Waals surface area (Å²) in [4.78, 5) is 11.1. The lowest BCUT2D eigenvalue weighted by Crippen LogP contribution is -2.08. The Morgan fingerprint density at radius 1 is 1.77 bits per heavy atom. The first-order chi connectivity index (χ1) is 6.20. The fourth-order valence-corrected chi connectivity index (χ4v) is 1.66. The minimum Gasteiger partial charge on any atom is -0.465 e. The summed E-state index contributed by atoms with van der Waals surface area (Å²) in [5.41, 5.74) is 1.55. The van der Waals surface area contributed by atoms with E-state index in [-0.39, 0.29) is 12.1 Å². The van der Waals surface area contributed by atoms with Crippen molar-refractivity contribution in [1.29, 1.82) is 0 Å². The average molecular weight is 181 g/mol. The van der Waals surface area contributed by atoms with Gasteiger partial charge >= 0.3 is 5.97 Å². The van der Waals surface area contributed by atoms with Crippen LogP contribution in [0.3, 0.4) is 0 Å². The Morgan fingerprint density at radius 2 is 2.54 bits per heavy atom. The molecule has 1 aliphatic heterocycles. The normalized spacial score (nSPS) is 20.0. The van der Waals surface area contributed by atoms with Crippen LogP contribution in [0.4, 0.5) is 0 Å². The summed E-state index contributed by atoms with van der Waals surface area (Å²) >= 11 is 0. The van der Waals surface area contributed by atoms with Gasteiger partial charge in [-0.05, 0) is 6.07 Å². The Morgan fingerprint density at radius 3 is 3.15 bits per heavy atom. The number of hydrogen-bond donors (Lipinski definition) is 1. The Labute approximate surface area is 75.7 Å². The summed E-state index contributed by atoms with van der Waals surface area (Å²) in [7, 11) is 1.36. The molecule has 2 heterocycles. The number of aromatic nitrogens is 1. The minimum absolute atomic E-state index is 0.304. The second-order valence-corrected chi connectivity index (χ2v) is 3.22. The Kier molecular flexibility index (Phi) is 1.84. The predicted octanol–water partition coefficient (Wildman–Crippen LogP) is 0.192. The molecule has 4 nitrogen and oxygen atoms in total. The van der Waals surface area contributed by atoms with E-state index in [9.17, 15) is 9.90 Å². The number of hydrogen-bond acceptors (Lipinski definition) is 3. The third-order valence-corrected chi connectivity index (χ3v) is 2.26. The van der Waals surface area contributed by atoms with Crippen molar-refractivity contribution in [3.63, 3.8) is 0 Å². The molecule has 0 aliphatic carbocycles. The molecule has 4 heteroatoms. The van der Waals surface area contributed by atoms with Crippen LogP contribution in [-0.4, -0.2) is 28.9 Å². The number of ether oxygens (including phenoxy) is 1. The predicted molar refractivity (Wildman–Crippen MR) is 45.5 cm³/mol. The summed E-state index contributed by atoms with van der Waals surface area (Å²) in [6.45, 7) is 0.576. The molecule has 0 amide bonds. The van der Waals surface area contributed by atoms with Gasteiger partial charge in [0.25, 0.3) is 0 Å². The van der Waals surface area contributed by atoms with Crippen molar-refractivity contribution < 1.29 is 14.6 Å². The van der Waals surface area contributed by atoms with Gasteiger partial charge in [-0.15, -0.1) is 0 Å². The zero-order valence-electron chi connectivity index (χ0n) is 7.36. The van der Waals surface area contributed by atoms with Crippen LogP contribution >= 0.6 is 0 Å². The molecule has 1 unspecified atom stereocenters. The topological polar surface area (TPSA) is 51.5 Å². The molecule has 0 aromatic carbocycles. The van der Waals surface area contributed by atoms with Crippen molar-refractivity contribution in [1.82, 2.24) is 4.57 Å². The molecule has 0 radical (unpaired) electrons. The van der Waals surface area contributed by atoms with Gasteiger partial charge in [-0.3, -0.25) is 0 Å². The van der Waals surface area contributed by atoms with Crippen LogP contribution < -0.4 is 0 Å². The number of rotatable bonds is 1. The Bertz CT molecular complexity index is 319. The first kappa shape index (κ1) is 8.31. The second kappa shape index (κ2) is 2.88. The molecule has 0 fully saturated rings. The molecule has 0 bridgehead atoms. The van der Waals surface area contributed by atoms with E-state index in [4.69, 9.17) is 0 Å². The number of aliphatic hydroxyl groups excluding tert-OH is 1. The van der Waals surface area contributed by atoms with Crippen LogP contribution in [0.2, 0.25) is 0 Å². The van der Waals surface area contributed by atoms with Gasteiger partial charge < -0.3 is 14.4 Å². The maximum Gasteiger partial charge on any atom is 0.339 e. The monoisotopic (exact) mass is 181 g/mol. The maximum atomic E-state index is 11.1. The number of fused-ring (bicyclic) bond motifs is 1. The van der Waals surface area contributed by atoms with Gasteiger partial charge in [0.05, 0.1) is 18.8 Å². The lowest BCUT2D eigenvalue weighted by Gasteiger charge is -1.98. The fourth-order valence-electron chi connectivity index (χ4n) is 1.66. The zero-order chi connectivity index (χ0) is 9.42. The highest BCUT2D eigenvalue weighted by atomic mass is 16.5. The SMILES string of the molecule is COC(=O)c1cc2n(c1)CC(O)C2. The van der Waals surface area contributed by atoms with Crippen LogP contribution in [-0.2, 0) is 17.7 Å². The molecule has 13 heavy (non-hydrogen) atoms. The van der Waals surface area contributed by atoms with Crippen molar-refractivity contribution in [3.8, 4) is 0 Å². The number of carbonyl (C=O) groups excluding carboxylic acids is 1. The molecule has 1 atom stereocenters. The summed E-state index contributed by atoms with van der Waals surface area (Å²) in [5.74, 6) is -0.323. The van der Waals surface area contributed by atoms with Crippen LogP contribution in [0.5, 0.6) is 0 Å². The first-order valence-electron chi connectivity index (χ1n) is 4.16. The summed E-state index contributed by atoms with van der Waals surface area (Å²) in [6.07, 6.45) is 2.04. The third-order valence-electron chi connectivity index (χ3n) is 2.26. The van der Waals surface area contributed by atoms with Gasteiger partial charge in [0, 0.05) is 24.9 Å². The molecule has 0 spiro atoms. The quantitative estimate of drug-likeness (QED) is 0.629.